The molecule has 4 aromatic rings. The molecule has 0 bridgehead atoms. The molecule has 4 rings (SSSR count). The third-order valence-corrected chi connectivity index (χ3v) is 5.63. The van der Waals surface area contributed by atoms with Gasteiger partial charge in [-0.25, -0.2) is 4.79 Å². The van der Waals surface area contributed by atoms with Crippen LogP contribution < -0.4 is 4.74 Å². The number of carbonyl (C=O) groups is 1. The number of esters is 1. The van der Waals surface area contributed by atoms with Crippen molar-refractivity contribution in [1.82, 2.24) is 4.98 Å². The zero-order valence-corrected chi connectivity index (χ0v) is 19.8. The molecule has 1 heterocycles. The van der Waals surface area contributed by atoms with Gasteiger partial charge >= 0.3 is 12.1 Å². The number of alkyl halides is 3. The second kappa shape index (κ2) is 10.8. The molecule has 0 aliphatic carbocycles. The molecular formula is C28H24F3NO4. The topological polar surface area (TPSA) is 57.7 Å². The van der Waals surface area contributed by atoms with Crippen LogP contribution in [0.5, 0.6) is 5.75 Å². The molecule has 0 N–H and O–H groups in total. The predicted octanol–water partition coefficient (Wildman–Crippen LogP) is 6.50. The van der Waals surface area contributed by atoms with E-state index in [0.717, 1.165) is 28.3 Å². The van der Waals surface area contributed by atoms with E-state index in [1.54, 1.807) is 18.2 Å². The van der Waals surface area contributed by atoms with Crippen molar-refractivity contribution in [2.45, 2.75) is 26.3 Å². The zero-order chi connectivity index (χ0) is 25.7. The zero-order valence-electron chi connectivity index (χ0n) is 19.8. The summed E-state index contributed by atoms with van der Waals surface area (Å²) in [7, 11) is 1.30. The maximum Gasteiger partial charge on any atom is 0.418 e. The van der Waals surface area contributed by atoms with Crippen molar-refractivity contribution < 1.29 is 32.2 Å². The van der Waals surface area contributed by atoms with Crippen LogP contribution in [0.15, 0.2) is 72.9 Å². The van der Waals surface area contributed by atoms with E-state index in [1.807, 2.05) is 43.3 Å². The van der Waals surface area contributed by atoms with E-state index in [-0.39, 0.29) is 25.3 Å². The molecule has 0 aliphatic rings. The molecule has 0 saturated heterocycles. The summed E-state index contributed by atoms with van der Waals surface area (Å²) in [6.07, 6.45) is -3.03. The monoisotopic (exact) mass is 495 g/mol. The normalized spacial score (nSPS) is 11.5. The maximum atomic E-state index is 13.5. The highest BCUT2D eigenvalue weighted by Gasteiger charge is 2.33. The molecule has 0 spiro atoms. The van der Waals surface area contributed by atoms with Crippen LogP contribution in [0.25, 0.3) is 22.0 Å². The summed E-state index contributed by atoms with van der Waals surface area (Å²) in [6, 6.07) is 18.9. The van der Waals surface area contributed by atoms with E-state index in [2.05, 4.69) is 9.72 Å². The summed E-state index contributed by atoms with van der Waals surface area (Å²) in [5.74, 6) is 0.136. The lowest BCUT2D eigenvalue weighted by atomic mass is 9.95. The smallest absolute Gasteiger partial charge is 0.418 e. The van der Waals surface area contributed by atoms with Crippen LogP contribution in [0.1, 0.15) is 22.3 Å². The molecule has 0 atom stereocenters. The molecule has 0 saturated carbocycles. The number of nitrogens with zero attached hydrogens (tertiary/aromatic N) is 1. The number of methoxy groups -OCH3 is 1. The lowest BCUT2D eigenvalue weighted by Gasteiger charge is -2.15. The number of aromatic nitrogens is 1. The first-order valence-electron chi connectivity index (χ1n) is 11.2. The third-order valence-electron chi connectivity index (χ3n) is 5.63. The van der Waals surface area contributed by atoms with Gasteiger partial charge in [-0.1, -0.05) is 48.5 Å². The largest absolute Gasteiger partial charge is 0.489 e. The first-order valence-corrected chi connectivity index (χ1v) is 11.2. The van der Waals surface area contributed by atoms with Crippen LogP contribution in [-0.4, -0.2) is 24.7 Å². The van der Waals surface area contributed by atoms with Gasteiger partial charge in [-0.15, -0.1) is 0 Å². The predicted molar refractivity (Wildman–Crippen MR) is 129 cm³/mol. The minimum atomic E-state index is -4.50. The van der Waals surface area contributed by atoms with Crippen molar-refractivity contribution in [1.29, 1.82) is 0 Å². The highest BCUT2D eigenvalue weighted by molar-refractivity contribution is 5.97. The first kappa shape index (κ1) is 25.2. The van der Waals surface area contributed by atoms with Gasteiger partial charge in [0, 0.05) is 11.6 Å². The van der Waals surface area contributed by atoms with Gasteiger partial charge in [0.25, 0.3) is 0 Å². The number of para-hydroxylation sites is 1. The Morgan fingerprint density at radius 1 is 0.944 bits per heavy atom. The average molecular weight is 495 g/mol. The molecule has 5 nitrogen and oxygen atoms in total. The summed E-state index contributed by atoms with van der Waals surface area (Å²) in [6.45, 7) is 2.23. The number of aryl methyl sites for hydroxylation is 1. The summed E-state index contributed by atoms with van der Waals surface area (Å²) >= 11 is 0. The fourth-order valence-electron chi connectivity index (χ4n) is 3.96. The number of hydrogen-bond acceptors (Lipinski definition) is 5. The second-order valence-electron chi connectivity index (χ2n) is 8.22. The van der Waals surface area contributed by atoms with Crippen LogP contribution >= 0.6 is 0 Å². The van der Waals surface area contributed by atoms with Gasteiger partial charge in [0.05, 0.1) is 24.8 Å². The van der Waals surface area contributed by atoms with E-state index in [0.29, 0.717) is 16.7 Å². The van der Waals surface area contributed by atoms with Gasteiger partial charge in [0.15, 0.2) is 0 Å². The van der Waals surface area contributed by atoms with Gasteiger partial charge in [-0.3, -0.25) is 4.98 Å². The highest BCUT2D eigenvalue weighted by Crippen LogP contribution is 2.38. The van der Waals surface area contributed by atoms with E-state index in [4.69, 9.17) is 9.47 Å². The summed E-state index contributed by atoms with van der Waals surface area (Å²) in [4.78, 5) is 15.3. The number of hydrogen-bond donors (Lipinski definition) is 0. The second-order valence-corrected chi connectivity index (χ2v) is 8.22. The standard InChI is InChI=1S/C28H24F3NO4/c1-18-14-32-27-23(10-5-11-24(27)28(29,30)31)26(18)21-8-4-9-22(13-21)36-16-20-7-3-6-19(12-20)15-35-17-25(33)34-2/h3-14H,15-17H2,1-2H3. The van der Waals surface area contributed by atoms with Gasteiger partial charge in [0.1, 0.15) is 19.0 Å². The average Bonchev–Trinajstić information content (AvgIpc) is 2.86. The Labute approximate surface area is 206 Å². The SMILES string of the molecule is COC(=O)COCc1cccc(COc2cccc(-c3c(C)cnc4c(C(F)(F)F)cccc34)c2)c1. The van der Waals surface area contributed by atoms with E-state index < -0.39 is 17.7 Å². The van der Waals surface area contributed by atoms with E-state index in [9.17, 15) is 18.0 Å². The van der Waals surface area contributed by atoms with Gasteiger partial charge in [0.2, 0.25) is 0 Å². The van der Waals surface area contributed by atoms with Crippen molar-refractivity contribution >= 4 is 16.9 Å². The van der Waals surface area contributed by atoms with Crippen LogP contribution in [0.4, 0.5) is 13.2 Å². The first-order chi connectivity index (χ1) is 17.3. The molecule has 0 fully saturated rings. The lowest BCUT2D eigenvalue weighted by Crippen LogP contribution is -2.10. The molecule has 0 amide bonds. The van der Waals surface area contributed by atoms with Gasteiger partial charge in [-0.05, 0) is 52.9 Å². The van der Waals surface area contributed by atoms with Crippen molar-refractivity contribution in [2.24, 2.45) is 0 Å². The van der Waals surface area contributed by atoms with Crippen LogP contribution in [0, 0.1) is 6.92 Å². The number of benzene rings is 3. The van der Waals surface area contributed by atoms with Crippen molar-refractivity contribution in [3.8, 4) is 16.9 Å². The third kappa shape index (κ3) is 5.83. The number of halogens is 3. The lowest BCUT2D eigenvalue weighted by molar-refractivity contribution is -0.146. The number of rotatable bonds is 8. The Morgan fingerprint density at radius 3 is 2.42 bits per heavy atom. The van der Waals surface area contributed by atoms with Crippen molar-refractivity contribution in [3.05, 3.63) is 95.2 Å². The molecule has 186 valence electrons. The molecule has 0 aliphatic heterocycles. The quantitative estimate of drug-likeness (QED) is 0.261. The number of fused-ring (bicyclic) bond motifs is 1. The fourth-order valence-corrected chi connectivity index (χ4v) is 3.96. The Kier molecular flexibility index (Phi) is 7.55. The summed E-state index contributed by atoms with van der Waals surface area (Å²) in [5.41, 5.74) is 3.13. The molecule has 3 aromatic carbocycles. The summed E-state index contributed by atoms with van der Waals surface area (Å²) in [5, 5.41) is 0.432. The van der Waals surface area contributed by atoms with E-state index in [1.165, 1.54) is 19.4 Å². The van der Waals surface area contributed by atoms with Gasteiger partial charge < -0.3 is 14.2 Å². The molecule has 1 aromatic heterocycles. The highest BCUT2D eigenvalue weighted by atomic mass is 19.4. The van der Waals surface area contributed by atoms with Crippen LogP contribution in [0.3, 0.4) is 0 Å². The Balaban J connectivity index is 1.55. The minimum absolute atomic E-state index is 0.0804. The molecule has 8 heteroatoms. The Morgan fingerprint density at radius 2 is 1.67 bits per heavy atom. The minimum Gasteiger partial charge on any atom is -0.489 e. The summed E-state index contributed by atoms with van der Waals surface area (Å²) < 4.78 is 56.5. The van der Waals surface area contributed by atoms with Gasteiger partial charge in [-0.2, -0.15) is 13.2 Å². The molecular weight excluding hydrogens is 471 g/mol. The van der Waals surface area contributed by atoms with Crippen molar-refractivity contribution in [2.75, 3.05) is 13.7 Å². The Bertz CT molecular complexity index is 1390. The fraction of sp³-hybridized carbons (Fsp3) is 0.214. The number of pyridine rings is 1. The molecule has 0 radical (unpaired) electrons. The van der Waals surface area contributed by atoms with Crippen molar-refractivity contribution in [3.63, 3.8) is 0 Å². The number of carbonyl (C=O) groups excluding carboxylic acids is 1. The number of ether oxygens (including phenoxy) is 3. The van der Waals surface area contributed by atoms with E-state index >= 15 is 0 Å². The molecule has 36 heavy (non-hydrogen) atoms. The maximum absolute atomic E-state index is 13.5. The Hall–Kier alpha value is -3.91. The van der Waals surface area contributed by atoms with Crippen LogP contribution in [0.2, 0.25) is 0 Å². The molecule has 0 unspecified atom stereocenters. The van der Waals surface area contributed by atoms with Crippen LogP contribution in [-0.2, 0) is 33.7 Å².